The SMILES string of the molecule is CC(C)NCc1ccc(S(=O)(=O)NC2CCC2)c(F)c1. The lowest BCUT2D eigenvalue weighted by Gasteiger charge is -2.26. The monoisotopic (exact) mass is 300 g/mol. The molecule has 2 N–H and O–H groups in total. The molecule has 1 saturated carbocycles. The van der Waals surface area contributed by atoms with Gasteiger partial charge in [0.25, 0.3) is 0 Å². The maximum absolute atomic E-state index is 14.0. The molecule has 6 heteroatoms. The van der Waals surface area contributed by atoms with Gasteiger partial charge in [0.1, 0.15) is 10.7 Å². The summed E-state index contributed by atoms with van der Waals surface area (Å²) >= 11 is 0. The van der Waals surface area contributed by atoms with Gasteiger partial charge in [-0.1, -0.05) is 26.3 Å². The van der Waals surface area contributed by atoms with Crippen LogP contribution in [-0.2, 0) is 16.6 Å². The molecule has 0 radical (unpaired) electrons. The van der Waals surface area contributed by atoms with E-state index in [0.29, 0.717) is 12.6 Å². The molecule has 4 nitrogen and oxygen atoms in total. The number of halogens is 1. The highest BCUT2D eigenvalue weighted by Gasteiger charge is 2.26. The molecule has 20 heavy (non-hydrogen) atoms. The van der Waals surface area contributed by atoms with Crippen LogP contribution < -0.4 is 10.0 Å². The molecule has 1 aliphatic rings. The Balaban J connectivity index is 2.11. The Bertz CT molecular complexity index is 569. The first kappa shape index (κ1) is 15.4. The van der Waals surface area contributed by atoms with Crippen LogP contribution >= 0.6 is 0 Å². The molecule has 1 aromatic carbocycles. The van der Waals surface area contributed by atoms with Gasteiger partial charge in [0.2, 0.25) is 10.0 Å². The summed E-state index contributed by atoms with van der Waals surface area (Å²) in [6, 6.07) is 4.52. The van der Waals surface area contributed by atoms with Crippen LogP contribution in [0.4, 0.5) is 4.39 Å². The Morgan fingerprint density at radius 3 is 2.55 bits per heavy atom. The zero-order chi connectivity index (χ0) is 14.8. The molecule has 1 fully saturated rings. The molecule has 0 aliphatic heterocycles. The molecule has 1 aliphatic carbocycles. The summed E-state index contributed by atoms with van der Waals surface area (Å²) in [4.78, 5) is -0.266. The van der Waals surface area contributed by atoms with Crippen LogP contribution in [0.5, 0.6) is 0 Å². The van der Waals surface area contributed by atoms with E-state index in [1.54, 1.807) is 6.07 Å². The average Bonchev–Trinajstić information content (AvgIpc) is 2.31. The van der Waals surface area contributed by atoms with E-state index in [2.05, 4.69) is 10.0 Å². The third kappa shape index (κ3) is 3.77. The minimum Gasteiger partial charge on any atom is -0.310 e. The molecule has 0 bridgehead atoms. The van der Waals surface area contributed by atoms with E-state index in [-0.39, 0.29) is 10.9 Å². The zero-order valence-corrected chi connectivity index (χ0v) is 12.6. The summed E-state index contributed by atoms with van der Waals surface area (Å²) in [7, 11) is -3.74. The van der Waals surface area contributed by atoms with Crippen molar-refractivity contribution in [1.29, 1.82) is 0 Å². The number of benzene rings is 1. The van der Waals surface area contributed by atoms with Crippen LogP contribution in [0.1, 0.15) is 38.7 Å². The number of sulfonamides is 1. The fourth-order valence-electron chi connectivity index (χ4n) is 2.00. The fraction of sp³-hybridized carbons (Fsp3) is 0.571. The number of hydrogen-bond acceptors (Lipinski definition) is 3. The van der Waals surface area contributed by atoms with Gasteiger partial charge in [-0.3, -0.25) is 0 Å². The molecule has 0 saturated heterocycles. The fourth-order valence-corrected chi connectivity index (χ4v) is 3.37. The van der Waals surface area contributed by atoms with E-state index >= 15 is 0 Å². The molecule has 0 heterocycles. The van der Waals surface area contributed by atoms with Crippen molar-refractivity contribution in [2.24, 2.45) is 0 Å². The first-order valence-corrected chi connectivity index (χ1v) is 8.41. The highest BCUT2D eigenvalue weighted by atomic mass is 32.2. The molecule has 2 rings (SSSR count). The number of rotatable bonds is 6. The largest absolute Gasteiger partial charge is 0.310 e. The molecule has 0 amide bonds. The van der Waals surface area contributed by atoms with Crippen molar-refractivity contribution >= 4 is 10.0 Å². The summed E-state index contributed by atoms with van der Waals surface area (Å²) in [6.07, 6.45) is 2.68. The van der Waals surface area contributed by atoms with Crippen LogP contribution in [0.3, 0.4) is 0 Å². The number of hydrogen-bond donors (Lipinski definition) is 2. The lowest BCUT2D eigenvalue weighted by molar-refractivity contribution is 0.382. The molecule has 0 aromatic heterocycles. The second-order valence-corrected chi connectivity index (χ2v) is 7.23. The third-order valence-corrected chi connectivity index (χ3v) is 4.98. The van der Waals surface area contributed by atoms with Gasteiger partial charge in [0.15, 0.2) is 0 Å². The predicted molar refractivity (Wildman–Crippen MR) is 76.3 cm³/mol. The van der Waals surface area contributed by atoms with E-state index in [1.165, 1.54) is 12.1 Å². The lowest BCUT2D eigenvalue weighted by atomic mass is 9.94. The molecular formula is C14H21FN2O2S. The zero-order valence-electron chi connectivity index (χ0n) is 11.8. The highest BCUT2D eigenvalue weighted by molar-refractivity contribution is 7.89. The van der Waals surface area contributed by atoms with Gasteiger partial charge in [-0.15, -0.1) is 0 Å². The van der Waals surface area contributed by atoms with Crippen molar-refractivity contribution in [1.82, 2.24) is 10.0 Å². The van der Waals surface area contributed by atoms with Crippen LogP contribution in [0.25, 0.3) is 0 Å². The van der Waals surface area contributed by atoms with Gasteiger partial charge in [0.05, 0.1) is 0 Å². The first-order valence-electron chi connectivity index (χ1n) is 6.92. The van der Waals surface area contributed by atoms with Gasteiger partial charge in [0, 0.05) is 18.6 Å². The Morgan fingerprint density at radius 1 is 1.35 bits per heavy atom. The Hall–Kier alpha value is -0.980. The average molecular weight is 300 g/mol. The Morgan fingerprint density at radius 2 is 2.05 bits per heavy atom. The Kier molecular flexibility index (Phi) is 4.78. The molecule has 0 spiro atoms. The summed E-state index contributed by atoms with van der Waals surface area (Å²) in [6.45, 7) is 4.51. The van der Waals surface area contributed by atoms with Crippen molar-refractivity contribution in [3.8, 4) is 0 Å². The van der Waals surface area contributed by atoms with Crippen molar-refractivity contribution < 1.29 is 12.8 Å². The van der Waals surface area contributed by atoms with Crippen molar-refractivity contribution in [3.05, 3.63) is 29.6 Å². The van der Waals surface area contributed by atoms with Gasteiger partial charge in [-0.05, 0) is 30.5 Å². The van der Waals surface area contributed by atoms with Crippen LogP contribution in [0, 0.1) is 5.82 Å². The molecule has 0 unspecified atom stereocenters. The maximum Gasteiger partial charge on any atom is 0.243 e. The quantitative estimate of drug-likeness (QED) is 0.846. The molecular weight excluding hydrogens is 279 g/mol. The van der Waals surface area contributed by atoms with Crippen LogP contribution in [-0.4, -0.2) is 20.5 Å². The van der Waals surface area contributed by atoms with E-state index in [0.717, 1.165) is 24.8 Å². The number of nitrogens with one attached hydrogen (secondary N) is 2. The second kappa shape index (κ2) is 6.20. The molecule has 112 valence electrons. The van der Waals surface area contributed by atoms with E-state index < -0.39 is 15.8 Å². The summed E-state index contributed by atoms with van der Waals surface area (Å²) < 4.78 is 40.7. The minimum atomic E-state index is -3.74. The van der Waals surface area contributed by atoms with Gasteiger partial charge >= 0.3 is 0 Å². The maximum atomic E-state index is 14.0. The topological polar surface area (TPSA) is 58.2 Å². The normalized spacial score (nSPS) is 16.4. The van der Waals surface area contributed by atoms with Crippen LogP contribution in [0.2, 0.25) is 0 Å². The predicted octanol–water partition coefficient (Wildman–Crippen LogP) is 2.15. The standard InChI is InChI=1S/C14H21FN2O2S/c1-10(2)16-9-11-6-7-14(13(15)8-11)20(18,19)17-12-4-3-5-12/h6-8,10,12,16-17H,3-5,9H2,1-2H3. The van der Waals surface area contributed by atoms with Gasteiger partial charge < -0.3 is 5.32 Å². The highest BCUT2D eigenvalue weighted by Crippen LogP contribution is 2.22. The van der Waals surface area contributed by atoms with E-state index in [1.807, 2.05) is 13.8 Å². The van der Waals surface area contributed by atoms with Gasteiger partial charge in [-0.25, -0.2) is 17.5 Å². The Labute approximate surface area is 119 Å². The van der Waals surface area contributed by atoms with Crippen LogP contribution in [0.15, 0.2) is 23.1 Å². The summed E-state index contributed by atoms with van der Waals surface area (Å²) in [5, 5.41) is 3.17. The van der Waals surface area contributed by atoms with E-state index in [9.17, 15) is 12.8 Å². The van der Waals surface area contributed by atoms with Crippen molar-refractivity contribution in [2.75, 3.05) is 0 Å². The minimum absolute atomic E-state index is 0.0401. The lowest BCUT2D eigenvalue weighted by Crippen LogP contribution is -2.39. The van der Waals surface area contributed by atoms with E-state index in [4.69, 9.17) is 0 Å². The van der Waals surface area contributed by atoms with Gasteiger partial charge in [-0.2, -0.15) is 0 Å². The van der Waals surface area contributed by atoms with Crippen molar-refractivity contribution in [2.45, 2.75) is 56.6 Å². The molecule has 0 atom stereocenters. The second-order valence-electron chi connectivity index (χ2n) is 5.55. The smallest absolute Gasteiger partial charge is 0.243 e. The first-order chi connectivity index (χ1) is 9.38. The van der Waals surface area contributed by atoms with Crippen molar-refractivity contribution in [3.63, 3.8) is 0 Å². The third-order valence-electron chi connectivity index (χ3n) is 3.43. The molecule has 1 aromatic rings. The summed E-state index contributed by atoms with van der Waals surface area (Å²) in [5.74, 6) is -0.695. The summed E-state index contributed by atoms with van der Waals surface area (Å²) in [5.41, 5.74) is 0.735.